The Labute approximate surface area is 191 Å². The minimum Gasteiger partial charge on any atom is -0.454 e. The van der Waals surface area contributed by atoms with E-state index in [0.29, 0.717) is 24.8 Å². The molecule has 5 heteroatoms. The fraction of sp³-hybridized carbons (Fsp3) is 0.407. The van der Waals surface area contributed by atoms with Crippen LogP contribution in [0.2, 0.25) is 0 Å². The Hall–Kier alpha value is -2.92. The van der Waals surface area contributed by atoms with Crippen molar-refractivity contribution < 1.29 is 19.2 Å². The molecule has 2 aromatic carbocycles. The lowest BCUT2D eigenvalue weighted by molar-refractivity contribution is -0.169. The highest BCUT2D eigenvalue weighted by Gasteiger charge is 2.25. The monoisotopic (exact) mass is 435 g/mol. The van der Waals surface area contributed by atoms with Crippen molar-refractivity contribution in [3.8, 4) is 0 Å². The van der Waals surface area contributed by atoms with Gasteiger partial charge >= 0.3 is 5.97 Å². The van der Waals surface area contributed by atoms with E-state index in [9.17, 15) is 9.59 Å². The summed E-state index contributed by atoms with van der Waals surface area (Å²) in [6.07, 6.45) is 7.22. The second-order valence-electron chi connectivity index (χ2n) is 8.55. The molecule has 1 unspecified atom stereocenters. The Morgan fingerprint density at radius 3 is 2.62 bits per heavy atom. The molecule has 1 aliphatic rings. The molecule has 5 nitrogen and oxygen atoms in total. The van der Waals surface area contributed by atoms with Crippen LogP contribution < -0.4 is 0 Å². The average Bonchev–Trinajstić information content (AvgIpc) is 2.76. The summed E-state index contributed by atoms with van der Waals surface area (Å²) in [5, 5.41) is 1.27. The number of aryl methyl sites for hydroxylation is 2. The van der Waals surface area contributed by atoms with Crippen molar-refractivity contribution in [3.05, 3.63) is 82.4 Å². The zero-order valence-corrected chi connectivity index (χ0v) is 19.5. The number of hydroxylamine groups is 2. The van der Waals surface area contributed by atoms with E-state index < -0.39 is 0 Å². The van der Waals surface area contributed by atoms with Crippen molar-refractivity contribution in [2.45, 2.75) is 52.1 Å². The lowest BCUT2D eigenvalue weighted by Crippen LogP contribution is -2.28. The highest BCUT2D eigenvalue weighted by molar-refractivity contribution is 5.93. The van der Waals surface area contributed by atoms with Crippen LogP contribution in [0, 0.1) is 19.8 Å². The van der Waals surface area contributed by atoms with Gasteiger partial charge in [-0.2, -0.15) is 0 Å². The number of carbonyl (C=O) groups excluding carboxylic acids is 2. The van der Waals surface area contributed by atoms with Crippen molar-refractivity contribution in [3.63, 3.8) is 0 Å². The molecular weight excluding hydrogens is 402 g/mol. The Balaban J connectivity index is 1.96. The molecule has 0 saturated heterocycles. The molecule has 1 heterocycles. The molecule has 1 amide bonds. The summed E-state index contributed by atoms with van der Waals surface area (Å²) in [4.78, 5) is 31.0. The number of cyclic esters (lactones) is 1. The third-order valence-electron chi connectivity index (χ3n) is 6.04. The zero-order valence-electron chi connectivity index (χ0n) is 19.5. The summed E-state index contributed by atoms with van der Waals surface area (Å²) < 4.78 is 6.04. The number of esters is 1. The summed E-state index contributed by atoms with van der Waals surface area (Å²) in [5.74, 6) is -0.271. The first-order valence-electron chi connectivity index (χ1n) is 11.2. The summed E-state index contributed by atoms with van der Waals surface area (Å²) in [7, 11) is 3.11. The van der Waals surface area contributed by atoms with Gasteiger partial charge in [0.25, 0.3) is 0 Å². The van der Waals surface area contributed by atoms with E-state index in [-0.39, 0.29) is 23.9 Å². The summed E-state index contributed by atoms with van der Waals surface area (Å²) in [6, 6.07) is 13.9. The van der Waals surface area contributed by atoms with Crippen molar-refractivity contribution in [2.24, 2.45) is 5.92 Å². The molecule has 2 atom stereocenters. The van der Waals surface area contributed by atoms with Gasteiger partial charge in [0.05, 0.1) is 12.7 Å². The van der Waals surface area contributed by atoms with Crippen LogP contribution in [0.3, 0.4) is 0 Å². The molecule has 1 aliphatic heterocycles. The van der Waals surface area contributed by atoms with Crippen molar-refractivity contribution in [1.82, 2.24) is 5.06 Å². The maximum Gasteiger partial charge on any atom is 0.339 e. The largest absolute Gasteiger partial charge is 0.454 e. The zero-order chi connectivity index (χ0) is 23.1. The van der Waals surface area contributed by atoms with Crippen LogP contribution in [-0.4, -0.2) is 31.1 Å². The molecule has 0 fully saturated rings. The van der Waals surface area contributed by atoms with E-state index in [1.165, 1.54) is 12.2 Å². The molecule has 32 heavy (non-hydrogen) atoms. The van der Waals surface area contributed by atoms with E-state index in [1.807, 2.05) is 50.2 Å². The van der Waals surface area contributed by atoms with Crippen LogP contribution in [0.25, 0.3) is 0 Å². The standard InChI is InChI=1S/C27H33NO4/c1-19-15-20(2)26-23(16-19)17-21(18-25(29)28(3)31-4)11-7-5-10-14-24(32-27(26)30)22-12-8-6-9-13-22/h5-6,8-10,12-13,15-16,21,24H,7,11,14,17-18H2,1-4H3/b10-5+/t21?,24-/m0/s1. The third kappa shape index (κ3) is 6.07. The van der Waals surface area contributed by atoms with Gasteiger partial charge in [0, 0.05) is 19.9 Å². The predicted molar refractivity (Wildman–Crippen MR) is 125 cm³/mol. The minimum absolute atomic E-state index is 0.0637. The number of benzene rings is 2. The predicted octanol–water partition coefficient (Wildman–Crippen LogP) is 5.51. The van der Waals surface area contributed by atoms with Gasteiger partial charge in [0.15, 0.2) is 0 Å². The van der Waals surface area contributed by atoms with E-state index in [4.69, 9.17) is 9.57 Å². The Morgan fingerprint density at radius 1 is 1.16 bits per heavy atom. The Morgan fingerprint density at radius 2 is 1.91 bits per heavy atom. The van der Waals surface area contributed by atoms with Crippen LogP contribution in [0.5, 0.6) is 0 Å². The van der Waals surface area contributed by atoms with E-state index >= 15 is 0 Å². The normalized spacial score (nSPS) is 20.3. The van der Waals surface area contributed by atoms with Crippen LogP contribution in [0.15, 0.2) is 54.6 Å². The number of nitrogens with zero attached hydrogens (tertiary/aromatic N) is 1. The van der Waals surface area contributed by atoms with Gasteiger partial charge < -0.3 is 4.74 Å². The van der Waals surface area contributed by atoms with E-state index in [2.05, 4.69) is 18.2 Å². The SMILES string of the molecule is CON(C)C(=O)CC1CC/C=C/C[C@@H](c2ccccc2)OC(=O)c2c(C)cc(C)cc2C1. The van der Waals surface area contributed by atoms with Crippen LogP contribution in [-0.2, 0) is 20.8 Å². The molecule has 0 N–H and O–H groups in total. The van der Waals surface area contributed by atoms with Gasteiger partial charge in [-0.15, -0.1) is 0 Å². The van der Waals surface area contributed by atoms with Gasteiger partial charge in [0.2, 0.25) is 5.91 Å². The highest BCUT2D eigenvalue weighted by Crippen LogP contribution is 2.30. The Kier molecular flexibility index (Phi) is 8.23. The smallest absolute Gasteiger partial charge is 0.339 e. The van der Waals surface area contributed by atoms with Gasteiger partial charge in [-0.3, -0.25) is 9.63 Å². The van der Waals surface area contributed by atoms with Gasteiger partial charge in [-0.1, -0.05) is 60.2 Å². The number of hydrogen-bond acceptors (Lipinski definition) is 4. The molecule has 0 radical (unpaired) electrons. The fourth-order valence-corrected chi connectivity index (χ4v) is 4.35. The van der Waals surface area contributed by atoms with Crippen molar-refractivity contribution >= 4 is 11.9 Å². The minimum atomic E-state index is -0.333. The molecule has 3 rings (SSSR count). The Bertz CT molecular complexity index is 967. The lowest BCUT2D eigenvalue weighted by Gasteiger charge is -2.24. The number of carbonyl (C=O) groups is 2. The quantitative estimate of drug-likeness (QED) is 0.361. The summed E-state index contributed by atoms with van der Waals surface area (Å²) in [5.41, 5.74) is 4.56. The van der Waals surface area contributed by atoms with Crippen LogP contribution >= 0.6 is 0 Å². The number of ether oxygens (including phenoxy) is 1. The second-order valence-corrected chi connectivity index (χ2v) is 8.55. The molecule has 2 aromatic rings. The molecule has 0 bridgehead atoms. The molecule has 0 spiro atoms. The van der Waals surface area contributed by atoms with Gasteiger partial charge in [-0.05, 0) is 55.7 Å². The number of allylic oxidation sites excluding steroid dienone is 1. The first-order chi connectivity index (χ1) is 15.4. The van der Waals surface area contributed by atoms with Crippen LogP contribution in [0.4, 0.5) is 0 Å². The number of hydrogen-bond donors (Lipinski definition) is 0. The fourth-order valence-electron chi connectivity index (χ4n) is 4.35. The average molecular weight is 436 g/mol. The molecule has 0 saturated carbocycles. The van der Waals surface area contributed by atoms with Crippen molar-refractivity contribution in [1.29, 1.82) is 0 Å². The molecular formula is C27H33NO4. The maximum absolute atomic E-state index is 13.4. The van der Waals surface area contributed by atoms with Crippen LogP contribution in [0.1, 0.15) is 64.4 Å². The molecule has 0 aromatic heterocycles. The first-order valence-corrected chi connectivity index (χ1v) is 11.2. The molecule has 170 valence electrons. The van der Waals surface area contributed by atoms with E-state index in [1.54, 1.807) is 7.05 Å². The molecule has 0 aliphatic carbocycles. The first kappa shape index (κ1) is 23.7. The van der Waals surface area contributed by atoms with Crippen molar-refractivity contribution in [2.75, 3.05) is 14.2 Å². The van der Waals surface area contributed by atoms with Gasteiger partial charge in [0.1, 0.15) is 6.10 Å². The summed E-state index contributed by atoms with van der Waals surface area (Å²) >= 11 is 0. The summed E-state index contributed by atoms with van der Waals surface area (Å²) in [6.45, 7) is 3.98. The van der Waals surface area contributed by atoms with Gasteiger partial charge in [-0.25, -0.2) is 9.86 Å². The second kappa shape index (κ2) is 11.1. The third-order valence-corrected chi connectivity index (χ3v) is 6.04. The topological polar surface area (TPSA) is 55.8 Å². The highest BCUT2D eigenvalue weighted by atomic mass is 16.7. The number of fused-ring (bicyclic) bond motifs is 1. The maximum atomic E-state index is 13.4. The number of amides is 1. The number of rotatable bonds is 4. The lowest BCUT2D eigenvalue weighted by atomic mass is 9.87. The van der Waals surface area contributed by atoms with E-state index in [0.717, 1.165) is 35.1 Å².